The zero-order chi connectivity index (χ0) is 21.5. The fourth-order valence-electron chi connectivity index (χ4n) is 2.71. The lowest BCUT2D eigenvalue weighted by atomic mass is 10.0. The van der Waals surface area contributed by atoms with E-state index in [1.54, 1.807) is 36.4 Å². The summed E-state index contributed by atoms with van der Waals surface area (Å²) in [5, 5.41) is 13.7. The van der Waals surface area contributed by atoms with Crippen LogP contribution in [-0.4, -0.2) is 32.7 Å². The Kier molecular flexibility index (Phi) is 7.48. The Bertz CT molecular complexity index is 1010. The van der Waals surface area contributed by atoms with E-state index in [1.807, 2.05) is 32.0 Å². The van der Waals surface area contributed by atoms with Crippen LogP contribution in [0, 0.1) is 5.92 Å². The molecule has 0 spiro atoms. The van der Waals surface area contributed by atoms with Crippen LogP contribution in [0.4, 0.5) is 5.69 Å². The molecule has 1 unspecified atom stereocenters. The van der Waals surface area contributed by atoms with Crippen molar-refractivity contribution in [1.82, 2.24) is 20.5 Å². The summed E-state index contributed by atoms with van der Waals surface area (Å²) in [6, 6.07) is 15.7. The number of H-pyrrole nitrogens is 1. The summed E-state index contributed by atoms with van der Waals surface area (Å²) < 4.78 is 0. The van der Waals surface area contributed by atoms with Gasteiger partial charge in [0.1, 0.15) is 5.82 Å². The van der Waals surface area contributed by atoms with Crippen LogP contribution in [0.1, 0.15) is 36.1 Å². The van der Waals surface area contributed by atoms with Gasteiger partial charge in [-0.25, -0.2) is 4.98 Å². The van der Waals surface area contributed by atoms with Gasteiger partial charge in [-0.05, 0) is 30.2 Å². The molecule has 0 saturated carbocycles. The van der Waals surface area contributed by atoms with Crippen LogP contribution in [0.3, 0.4) is 0 Å². The summed E-state index contributed by atoms with van der Waals surface area (Å²) in [7, 11) is 0. The third-order valence-electron chi connectivity index (χ3n) is 4.25. The first-order valence-corrected chi connectivity index (χ1v) is 10.8. The summed E-state index contributed by atoms with van der Waals surface area (Å²) in [6.45, 7) is 3.98. The molecule has 7 nitrogen and oxygen atoms in total. The first kappa shape index (κ1) is 21.9. The molecule has 30 heavy (non-hydrogen) atoms. The van der Waals surface area contributed by atoms with E-state index in [0.717, 1.165) is 0 Å². The number of thioether (sulfide) groups is 1. The summed E-state index contributed by atoms with van der Waals surface area (Å²) in [5.74, 6) is 0.372. The normalized spacial score (nSPS) is 11.9. The number of anilines is 1. The fourth-order valence-corrected chi connectivity index (χ4v) is 3.49. The molecule has 156 valence electrons. The summed E-state index contributed by atoms with van der Waals surface area (Å²) in [6.07, 6.45) is 0. The number of benzene rings is 2. The third-order valence-corrected chi connectivity index (χ3v) is 5.42. The topological polar surface area (TPSA) is 99.8 Å². The van der Waals surface area contributed by atoms with Gasteiger partial charge in [-0.1, -0.05) is 67.5 Å². The van der Waals surface area contributed by atoms with Crippen molar-refractivity contribution >= 4 is 40.9 Å². The Hall–Kier alpha value is -2.84. The monoisotopic (exact) mass is 443 g/mol. The zero-order valence-electron chi connectivity index (χ0n) is 16.6. The first-order chi connectivity index (χ1) is 14.4. The van der Waals surface area contributed by atoms with Crippen LogP contribution in [0.5, 0.6) is 0 Å². The van der Waals surface area contributed by atoms with Gasteiger partial charge in [-0.2, -0.15) is 0 Å². The maximum Gasteiger partial charge on any atom is 0.251 e. The molecule has 2 amide bonds. The third kappa shape index (κ3) is 5.84. The molecule has 0 fully saturated rings. The number of hydrogen-bond acceptors (Lipinski definition) is 5. The molecule has 3 rings (SSSR count). The van der Waals surface area contributed by atoms with E-state index in [4.69, 9.17) is 11.6 Å². The SMILES string of the molecule is CC(C)C(NC(=O)c1ccccc1)c1nc(SCC(=O)Nc2ccccc2Cl)n[nH]1. The molecule has 0 aliphatic heterocycles. The average molecular weight is 444 g/mol. The second kappa shape index (κ2) is 10.3. The van der Waals surface area contributed by atoms with Crippen LogP contribution >= 0.6 is 23.4 Å². The van der Waals surface area contributed by atoms with Crippen molar-refractivity contribution in [3.63, 3.8) is 0 Å². The van der Waals surface area contributed by atoms with Crippen molar-refractivity contribution in [2.24, 2.45) is 5.92 Å². The number of aromatic nitrogens is 3. The minimum Gasteiger partial charge on any atom is -0.342 e. The van der Waals surface area contributed by atoms with Gasteiger partial charge >= 0.3 is 0 Å². The lowest BCUT2D eigenvalue weighted by molar-refractivity contribution is -0.113. The Morgan fingerprint density at radius 3 is 2.50 bits per heavy atom. The highest BCUT2D eigenvalue weighted by atomic mass is 35.5. The van der Waals surface area contributed by atoms with Crippen molar-refractivity contribution in [2.45, 2.75) is 25.0 Å². The molecule has 0 radical (unpaired) electrons. The Labute approximate surface area is 184 Å². The molecule has 3 aromatic rings. The molecule has 0 bridgehead atoms. The number of nitrogens with one attached hydrogen (secondary N) is 3. The van der Waals surface area contributed by atoms with E-state index in [0.29, 0.717) is 27.3 Å². The van der Waals surface area contributed by atoms with E-state index in [-0.39, 0.29) is 29.5 Å². The molecular weight excluding hydrogens is 422 g/mol. The number of para-hydroxylation sites is 1. The maximum atomic E-state index is 12.5. The van der Waals surface area contributed by atoms with E-state index < -0.39 is 0 Å². The quantitative estimate of drug-likeness (QED) is 0.450. The minimum absolute atomic E-state index is 0.0898. The minimum atomic E-state index is -0.337. The van der Waals surface area contributed by atoms with Crippen molar-refractivity contribution in [2.75, 3.05) is 11.1 Å². The number of halogens is 1. The maximum absolute atomic E-state index is 12.5. The van der Waals surface area contributed by atoms with Crippen molar-refractivity contribution in [3.8, 4) is 0 Å². The van der Waals surface area contributed by atoms with Gasteiger partial charge in [0.25, 0.3) is 5.91 Å². The van der Waals surface area contributed by atoms with Gasteiger partial charge < -0.3 is 10.6 Å². The second-order valence-corrected chi connectivity index (χ2v) is 8.23. The predicted octanol–water partition coefficient (Wildman–Crippen LogP) is 4.32. The van der Waals surface area contributed by atoms with Gasteiger partial charge in [-0.3, -0.25) is 14.7 Å². The largest absolute Gasteiger partial charge is 0.342 e. The van der Waals surface area contributed by atoms with Crippen LogP contribution in [0.15, 0.2) is 59.8 Å². The number of nitrogens with zero attached hydrogens (tertiary/aromatic N) is 2. The molecule has 0 aliphatic carbocycles. The molecule has 1 heterocycles. The van der Waals surface area contributed by atoms with E-state index >= 15 is 0 Å². The van der Waals surface area contributed by atoms with Gasteiger partial charge in [0.2, 0.25) is 11.1 Å². The van der Waals surface area contributed by atoms with Crippen LogP contribution in [-0.2, 0) is 4.79 Å². The summed E-state index contributed by atoms with van der Waals surface area (Å²) >= 11 is 7.25. The van der Waals surface area contributed by atoms with E-state index in [2.05, 4.69) is 25.8 Å². The van der Waals surface area contributed by atoms with Crippen molar-refractivity contribution in [3.05, 3.63) is 71.0 Å². The van der Waals surface area contributed by atoms with Crippen LogP contribution in [0.2, 0.25) is 5.02 Å². The Morgan fingerprint density at radius 1 is 1.10 bits per heavy atom. The molecule has 2 aromatic carbocycles. The van der Waals surface area contributed by atoms with E-state index in [9.17, 15) is 9.59 Å². The zero-order valence-corrected chi connectivity index (χ0v) is 18.1. The lowest BCUT2D eigenvalue weighted by Gasteiger charge is -2.19. The summed E-state index contributed by atoms with van der Waals surface area (Å²) in [5.41, 5.74) is 1.14. The molecule has 9 heteroatoms. The fraction of sp³-hybridized carbons (Fsp3) is 0.238. The second-order valence-electron chi connectivity index (χ2n) is 6.88. The average Bonchev–Trinajstić information content (AvgIpc) is 3.21. The molecule has 3 N–H and O–H groups in total. The van der Waals surface area contributed by atoms with Gasteiger partial charge in [0, 0.05) is 5.56 Å². The van der Waals surface area contributed by atoms with Crippen LogP contribution in [0.25, 0.3) is 0 Å². The highest BCUT2D eigenvalue weighted by molar-refractivity contribution is 7.99. The predicted molar refractivity (Wildman–Crippen MR) is 119 cm³/mol. The lowest BCUT2D eigenvalue weighted by Crippen LogP contribution is -2.32. The van der Waals surface area contributed by atoms with Gasteiger partial charge in [-0.15, -0.1) is 5.10 Å². The number of amides is 2. The highest BCUT2D eigenvalue weighted by Gasteiger charge is 2.23. The Morgan fingerprint density at radius 2 is 1.80 bits per heavy atom. The molecule has 0 saturated heterocycles. The number of carbonyl (C=O) groups excluding carboxylic acids is 2. The van der Waals surface area contributed by atoms with Gasteiger partial charge in [0.05, 0.1) is 22.5 Å². The molecular formula is C21H22ClN5O2S. The highest BCUT2D eigenvalue weighted by Crippen LogP contribution is 2.23. The Balaban J connectivity index is 1.60. The standard InChI is InChI=1S/C21H22ClN5O2S/c1-13(2)18(24-20(29)14-8-4-3-5-9-14)19-25-21(27-26-19)30-12-17(28)23-16-11-7-6-10-15(16)22/h3-11,13,18H,12H2,1-2H3,(H,23,28)(H,24,29)(H,25,26,27). The van der Waals surface area contributed by atoms with Crippen LogP contribution < -0.4 is 10.6 Å². The van der Waals surface area contributed by atoms with E-state index in [1.165, 1.54) is 11.8 Å². The number of rotatable bonds is 8. The number of hydrogen-bond donors (Lipinski definition) is 3. The number of aromatic amines is 1. The molecule has 1 aromatic heterocycles. The van der Waals surface area contributed by atoms with Crippen molar-refractivity contribution < 1.29 is 9.59 Å². The summed E-state index contributed by atoms with van der Waals surface area (Å²) in [4.78, 5) is 29.1. The number of carbonyl (C=O) groups is 2. The smallest absolute Gasteiger partial charge is 0.251 e. The van der Waals surface area contributed by atoms with Crippen molar-refractivity contribution in [1.29, 1.82) is 0 Å². The molecule has 0 aliphatic rings. The first-order valence-electron chi connectivity index (χ1n) is 9.39. The molecule has 1 atom stereocenters. The van der Waals surface area contributed by atoms with Gasteiger partial charge in [0.15, 0.2) is 0 Å².